The molecule has 1 fully saturated rings. The third kappa shape index (κ3) is 3.70. The Balaban J connectivity index is 1.59. The highest BCUT2D eigenvalue weighted by Crippen LogP contribution is 2.17. The van der Waals surface area contributed by atoms with Gasteiger partial charge in [0.05, 0.1) is 0 Å². The molecule has 0 unspecified atom stereocenters. The average molecular weight is 342 g/mol. The largest absolute Gasteiger partial charge is 0.417 e. The zero-order valence-corrected chi connectivity index (χ0v) is 14.7. The van der Waals surface area contributed by atoms with E-state index < -0.39 is 0 Å². The molecule has 0 N–H and O–H groups in total. The first-order valence-corrected chi connectivity index (χ1v) is 8.44. The number of carbonyl (C=O) groups excluding carboxylic acids is 2. The van der Waals surface area contributed by atoms with E-state index in [9.17, 15) is 9.59 Å². The first-order chi connectivity index (χ1) is 12.0. The molecule has 132 valence electrons. The van der Waals surface area contributed by atoms with Crippen molar-refractivity contribution in [3.8, 4) is 0 Å². The van der Waals surface area contributed by atoms with Gasteiger partial charge in [0, 0.05) is 38.7 Å². The van der Waals surface area contributed by atoms with Crippen LogP contribution in [0.3, 0.4) is 0 Å². The Morgan fingerprint density at radius 3 is 2.00 bits per heavy atom. The second-order valence-corrected chi connectivity index (χ2v) is 6.49. The van der Waals surface area contributed by atoms with E-state index in [1.165, 1.54) is 5.56 Å². The molecular weight excluding hydrogens is 320 g/mol. The van der Waals surface area contributed by atoms with Gasteiger partial charge in [-0.2, -0.15) is 0 Å². The summed E-state index contributed by atoms with van der Waals surface area (Å²) < 4.78 is 5.18. The van der Waals surface area contributed by atoms with Crippen LogP contribution in [0.4, 0.5) is 0 Å². The molecule has 25 heavy (non-hydrogen) atoms. The SMILES string of the molecule is Cc1nnc(C(=O)N2CCN(C(=O)c3ccc(C(C)C)cc3)CC2)o1. The van der Waals surface area contributed by atoms with Crippen molar-refractivity contribution in [2.75, 3.05) is 26.2 Å². The highest BCUT2D eigenvalue weighted by molar-refractivity contribution is 5.94. The van der Waals surface area contributed by atoms with E-state index >= 15 is 0 Å². The van der Waals surface area contributed by atoms with Gasteiger partial charge in [0.1, 0.15) is 0 Å². The highest BCUT2D eigenvalue weighted by Gasteiger charge is 2.28. The van der Waals surface area contributed by atoms with Gasteiger partial charge in [-0.15, -0.1) is 10.2 Å². The van der Waals surface area contributed by atoms with Crippen LogP contribution in [0, 0.1) is 6.92 Å². The van der Waals surface area contributed by atoms with Crippen LogP contribution >= 0.6 is 0 Å². The summed E-state index contributed by atoms with van der Waals surface area (Å²) >= 11 is 0. The lowest BCUT2D eigenvalue weighted by Crippen LogP contribution is -2.50. The van der Waals surface area contributed by atoms with Crippen LogP contribution in [-0.2, 0) is 0 Å². The van der Waals surface area contributed by atoms with Crippen molar-refractivity contribution >= 4 is 11.8 Å². The second-order valence-electron chi connectivity index (χ2n) is 6.49. The maximum atomic E-state index is 12.6. The molecule has 0 aliphatic carbocycles. The van der Waals surface area contributed by atoms with E-state index in [0.29, 0.717) is 43.6 Å². The molecule has 0 bridgehead atoms. The van der Waals surface area contributed by atoms with E-state index in [0.717, 1.165) is 0 Å². The molecule has 2 heterocycles. The molecular formula is C18H22N4O3. The smallest absolute Gasteiger partial charge is 0.311 e. The molecule has 0 saturated carbocycles. The minimum Gasteiger partial charge on any atom is -0.417 e. The molecule has 0 atom stereocenters. The number of amides is 2. The van der Waals surface area contributed by atoms with Crippen LogP contribution in [0.25, 0.3) is 0 Å². The Morgan fingerprint density at radius 2 is 1.52 bits per heavy atom. The molecule has 1 aromatic heterocycles. The zero-order valence-electron chi connectivity index (χ0n) is 14.7. The molecule has 3 rings (SSSR count). The Bertz CT molecular complexity index is 759. The van der Waals surface area contributed by atoms with E-state index in [2.05, 4.69) is 24.0 Å². The first kappa shape index (κ1) is 17.1. The quantitative estimate of drug-likeness (QED) is 0.853. The fourth-order valence-corrected chi connectivity index (χ4v) is 2.82. The van der Waals surface area contributed by atoms with Gasteiger partial charge < -0.3 is 14.2 Å². The van der Waals surface area contributed by atoms with Crippen molar-refractivity contribution in [1.29, 1.82) is 0 Å². The van der Waals surface area contributed by atoms with Crippen LogP contribution in [-0.4, -0.2) is 58.0 Å². The molecule has 0 radical (unpaired) electrons. The van der Waals surface area contributed by atoms with Crippen LogP contribution in [0.1, 0.15) is 52.3 Å². The minimum absolute atomic E-state index is 0.00144. The summed E-state index contributed by atoms with van der Waals surface area (Å²) in [5.74, 6) is 0.514. The van der Waals surface area contributed by atoms with Crippen molar-refractivity contribution in [2.24, 2.45) is 0 Å². The summed E-state index contributed by atoms with van der Waals surface area (Å²) in [4.78, 5) is 28.3. The molecule has 2 amide bonds. The fraction of sp³-hybridized carbons (Fsp3) is 0.444. The summed E-state index contributed by atoms with van der Waals surface area (Å²) in [6.45, 7) is 7.78. The molecule has 7 heteroatoms. The number of piperazine rings is 1. The monoisotopic (exact) mass is 342 g/mol. The van der Waals surface area contributed by atoms with E-state index in [1.807, 2.05) is 24.3 Å². The predicted octanol–water partition coefficient (Wildman–Crippen LogP) is 2.10. The van der Waals surface area contributed by atoms with Crippen molar-refractivity contribution < 1.29 is 14.0 Å². The maximum Gasteiger partial charge on any atom is 0.311 e. The number of hydrogen-bond donors (Lipinski definition) is 0. The fourth-order valence-electron chi connectivity index (χ4n) is 2.82. The van der Waals surface area contributed by atoms with Crippen molar-refractivity contribution in [3.05, 3.63) is 47.2 Å². The molecule has 1 aliphatic rings. The summed E-state index contributed by atoms with van der Waals surface area (Å²) in [5, 5.41) is 7.43. The minimum atomic E-state index is -0.283. The highest BCUT2D eigenvalue weighted by atomic mass is 16.4. The van der Waals surface area contributed by atoms with Gasteiger partial charge in [-0.1, -0.05) is 26.0 Å². The Kier molecular flexibility index (Phi) is 4.83. The van der Waals surface area contributed by atoms with Crippen LogP contribution in [0.15, 0.2) is 28.7 Å². The van der Waals surface area contributed by atoms with Crippen molar-refractivity contribution in [3.63, 3.8) is 0 Å². The van der Waals surface area contributed by atoms with E-state index in [1.54, 1.807) is 16.7 Å². The number of carbonyl (C=O) groups is 2. The van der Waals surface area contributed by atoms with E-state index in [-0.39, 0.29) is 17.7 Å². The maximum absolute atomic E-state index is 12.6. The third-order valence-corrected chi connectivity index (χ3v) is 4.39. The molecule has 1 aliphatic heterocycles. The van der Waals surface area contributed by atoms with Gasteiger partial charge in [0.2, 0.25) is 5.89 Å². The van der Waals surface area contributed by atoms with Gasteiger partial charge in [-0.05, 0) is 23.6 Å². The van der Waals surface area contributed by atoms with Crippen molar-refractivity contribution in [1.82, 2.24) is 20.0 Å². The molecule has 7 nitrogen and oxygen atoms in total. The lowest BCUT2D eigenvalue weighted by Gasteiger charge is -2.34. The summed E-state index contributed by atoms with van der Waals surface area (Å²) in [7, 11) is 0. The Labute approximate surface area is 146 Å². The Morgan fingerprint density at radius 1 is 0.960 bits per heavy atom. The molecule has 0 spiro atoms. The van der Waals surface area contributed by atoms with Gasteiger partial charge in [-0.3, -0.25) is 9.59 Å². The lowest BCUT2D eigenvalue weighted by atomic mass is 10.0. The normalized spacial score (nSPS) is 14.9. The standard InChI is InChI=1S/C18H22N4O3/c1-12(2)14-4-6-15(7-5-14)17(23)21-8-10-22(11-9-21)18(24)16-20-19-13(3)25-16/h4-7,12H,8-11H2,1-3H3. The van der Waals surface area contributed by atoms with Crippen LogP contribution in [0.2, 0.25) is 0 Å². The van der Waals surface area contributed by atoms with Crippen LogP contribution in [0.5, 0.6) is 0 Å². The van der Waals surface area contributed by atoms with Crippen molar-refractivity contribution in [2.45, 2.75) is 26.7 Å². The van der Waals surface area contributed by atoms with Gasteiger partial charge in [0.15, 0.2) is 0 Å². The topological polar surface area (TPSA) is 79.5 Å². The number of aryl methyl sites for hydroxylation is 1. The van der Waals surface area contributed by atoms with Gasteiger partial charge in [-0.25, -0.2) is 0 Å². The zero-order chi connectivity index (χ0) is 18.0. The number of benzene rings is 1. The van der Waals surface area contributed by atoms with Crippen LogP contribution < -0.4 is 0 Å². The summed E-state index contributed by atoms with van der Waals surface area (Å²) in [6.07, 6.45) is 0. The number of rotatable bonds is 3. The molecule has 1 saturated heterocycles. The number of hydrogen-bond acceptors (Lipinski definition) is 5. The molecule has 2 aromatic rings. The second kappa shape index (κ2) is 7.04. The Hall–Kier alpha value is -2.70. The van der Waals surface area contributed by atoms with Gasteiger partial charge >= 0.3 is 11.8 Å². The number of aromatic nitrogens is 2. The summed E-state index contributed by atoms with van der Waals surface area (Å²) in [6, 6.07) is 7.73. The summed E-state index contributed by atoms with van der Waals surface area (Å²) in [5.41, 5.74) is 1.89. The van der Waals surface area contributed by atoms with E-state index in [4.69, 9.17) is 4.42 Å². The van der Waals surface area contributed by atoms with Gasteiger partial charge in [0.25, 0.3) is 5.91 Å². The number of nitrogens with zero attached hydrogens (tertiary/aromatic N) is 4. The lowest BCUT2D eigenvalue weighted by molar-refractivity contribution is 0.0512. The third-order valence-electron chi connectivity index (χ3n) is 4.39. The average Bonchev–Trinajstić information content (AvgIpc) is 3.07. The predicted molar refractivity (Wildman–Crippen MR) is 91.4 cm³/mol. The first-order valence-electron chi connectivity index (χ1n) is 8.44. The molecule has 1 aromatic carbocycles.